The van der Waals surface area contributed by atoms with E-state index in [2.05, 4.69) is 0 Å². The fraction of sp³-hybridized carbons (Fsp3) is 0.353. The van der Waals surface area contributed by atoms with Gasteiger partial charge in [0.05, 0.1) is 0 Å². The Bertz CT molecular complexity index is 886. The van der Waals surface area contributed by atoms with E-state index in [-0.39, 0.29) is 5.63 Å². The molecule has 0 spiro atoms. The minimum atomic E-state index is -5.08. The highest BCUT2D eigenvalue weighted by Gasteiger charge is 2.38. The number of hydrogen-bond donors (Lipinski definition) is 4. The molecule has 8 nitrogen and oxygen atoms in total. The van der Waals surface area contributed by atoms with E-state index in [4.69, 9.17) is 30.9 Å². The molecule has 0 saturated carbocycles. The predicted octanol–water partition coefficient (Wildman–Crippen LogP) is 2.47. The lowest BCUT2D eigenvalue weighted by molar-refractivity contribution is -0.192. The number of aliphatic carboxylic acids is 2. The van der Waals surface area contributed by atoms with Crippen LogP contribution in [0.4, 0.5) is 18.9 Å². The summed E-state index contributed by atoms with van der Waals surface area (Å²) >= 11 is 1.60. The van der Waals surface area contributed by atoms with Crippen LogP contribution in [0.25, 0.3) is 11.0 Å². The van der Waals surface area contributed by atoms with Gasteiger partial charge in [0.25, 0.3) is 0 Å². The first-order valence-corrected chi connectivity index (χ1v) is 9.26. The van der Waals surface area contributed by atoms with Gasteiger partial charge in [-0.1, -0.05) is 0 Å². The van der Waals surface area contributed by atoms with Crippen molar-refractivity contribution in [3.8, 4) is 0 Å². The number of carboxylic acids is 2. The van der Waals surface area contributed by atoms with Crippen LogP contribution in [0.1, 0.15) is 12.0 Å². The predicted molar refractivity (Wildman–Crippen MR) is 104 cm³/mol. The van der Waals surface area contributed by atoms with Crippen molar-refractivity contribution in [2.75, 3.05) is 17.7 Å². The molecule has 0 amide bonds. The molecule has 1 unspecified atom stereocenters. The number of carbonyl (C=O) groups is 2. The lowest BCUT2D eigenvalue weighted by Crippen LogP contribution is -2.30. The first-order chi connectivity index (χ1) is 13.3. The Hall–Kier alpha value is -2.73. The Labute approximate surface area is 167 Å². The maximum absolute atomic E-state index is 11.0. The van der Waals surface area contributed by atoms with Crippen LogP contribution >= 0.6 is 11.8 Å². The van der Waals surface area contributed by atoms with Gasteiger partial charge in [-0.05, 0) is 43.0 Å². The molecule has 6 N–H and O–H groups in total. The number of hydrogen-bond acceptors (Lipinski definition) is 7. The van der Waals surface area contributed by atoms with Gasteiger partial charge in [0, 0.05) is 23.2 Å². The van der Waals surface area contributed by atoms with Crippen LogP contribution in [0.5, 0.6) is 0 Å². The number of halogens is 3. The lowest BCUT2D eigenvalue weighted by atomic mass is 10.1. The largest absolute Gasteiger partial charge is 0.490 e. The smallest absolute Gasteiger partial charge is 0.480 e. The van der Waals surface area contributed by atoms with Gasteiger partial charge in [-0.3, -0.25) is 4.79 Å². The van der Waals surface area contributed by atoms with Crippen molar-refractivity contribution in [2.24, 2.45) is 5.73 Å². The number of thioether (sulfide) groups is 1. The Morgan fingerprint density at radius 3 is 2.24 bits per heavy atom. The van der Waals surface area contributed by atoms with E-state index < -0.39 is 24.2 Å². The third-order valence-corrected chi connectivity index (χ3v) is 3.81. The summed E-state index contributed by atoms with van der Waals surface area (Å²) in [4.78, 5) is 30.0. The molecule has 1 aromatic heterocycles. The number of fused-ring (bicyclic) bond motifs is 1. The van der Waals surface area contributed by atoms with E-state index in [1.165, 1.54) is 6.07 Å². The SMILES string of the molecule is CSCCC(N)C(=O)O.Cc1cc(=O)oc2cc(N)ccc12.O=C(O)C(F)(F)F. The quantitative estimate of drug-likeness (QED) is 0.416. The summed E-state index contributed by atoms with van der Waals surface area (Å²) in [6.07, 6.45) is -2.61. The number of carboxylic acid groups (broad SMARTS) is 2. The average molecular weight is 438 g/mol. The van der Waals surface area contributed by atoms with Gasteiger partial charge in [0.2, 0.25) is 0 Å². The molecule has 0 aliphatic carbocycles. The number of anilines is 1. The molecule has 0 aliphatic heterocycles. The normalized spacial score (nSPS) is 11.5. The molecule has 2 aromatic rings. The molecule has 0 bridgehead atoms. The first-order valence-electron chi connectivity index (χ1n) is 7.87. The van der Waals surface area contributed by atoms with Crippen LogP contribution in [-0.2, 0) is 9.59 Å². The molecular formula is C17H21F3N2O6S. The Morgan fingerprint density at radius 1 is 1.24 bits per heavy atom. The summed E-state index contributed by atoms with van der Waals surface area (Å²) in [6, 6.07) is 6.08. The summed E-state index contributed by atoms with van der Waals surface area (Å²) < 4.78 is 36.7. The molecule has 0 radical (unpaired) electrons. The monoisotopic (exact) mass is 438 g/mol. The van der Waals surface area contributed by atoms with Crippen molar-refractivity contribution in [1.82, 2.24) is 0 Å². The molecular weight excluding hydrogens is 417 g/mol. The highest BCUT2D eigenvalue weighted by atomic mass is 32.2. The number of aryl methyl sites for hydroxylation is 1. The third kappa shape index (κ3) is 10.4. The van der Waals surface area contributed by atoms with E-state index in [1.54, 1.807) is 23.9 Å². The molecule has 1 aromatic carbocycles. The van der Waals surface area contributed by atoms with Gasteiger partial charge in [0.1, 0.15) is 11.6 Å². The maximum atomic E-state index is 11.0. The summed E-state index contributed by atoms with van der Waals surface area (Å²) in [5.41, 5.74) is 12.5. The number of nitrogen functional groups attached to an aromatic ring is 1. The van der Waals surface area contributed by atoms with Crippen molar-refractivity contribution < 1.29 is 37.4 Å². The van der Waals surface area contributed by atoms with E-state index in [0.717, 1.165) is 16.7 Å². The van der Waals surface area contributed by atoms with Gasteiger partial charge in [0.15, 0.2) is 0 Å². The van der Waals surface area contributed by atoms with Crippen LogP contribution in [0.15, 0.2) is 33.5 Å². The number of benzene rings is 1. The van der Waals surface area contributed by atoms with E-state index in [1.807, 2.05) is 19.2 Å². The molecule has 2 rings (SSSR count). The maximum Gasteiger partial charge on any atom is 0.490 e. The standard InChI is InChI=1S/C10H9NO2.C5H11NO2S.C2HF3O2/c1-6-4-10(12)13-9-5-7(11)2-3-8(6)9;1-9-3-2-4(6)5(7)8;3-2(4,5)1(6)7/h2-5H,11H2,1H3;4H,2-3,6H2,1H3,(H,7,8);(H,6,7). The third-order valence-electron chi connectivity index (χ3n) is 3.17. The van der Waals surface area contributed by atoms with Crippen LogP contribution in [0, 0.1) is 6.92 Å². The zero-order chi connectivity index (χ0) is 22.8. The summed E-state index contributed by atoms with van der Waals surface area (Å²) in [6.45, 7) is 1.87. The van der Waals surface area contributed by atoms with Crippen molar-refractivity contribution in [3.05, 3.63) is 40.2 Å². The number of alkyl halides is 3. The van der Waals surface area contributed by atoms with E-state index >= 15 is 0 Å². The summed E-state index contributed by atoms with van der Waals surface area (Å²) in [5, 5.41) is 16.3. The minimum absolute atomic E-state index is 0.337. The van der Waals surface area contributed by atoms with E-state index in [0.29, 0.717) is 17.7 Å². The van der Waals surface area contributed by atoms with Gasteiger partial charge in [-0.2, -0.15) is 24.9 Å². The second kappa shape index (κ2) is 12.0. The molecule has 0 aliphatic rings. The van der Waals surface area contributed by atoms with Crippen LogP contribution < -0.4 is 17.1 Å². The van der Waals surface area contributed by atoms with Crippen LogP contribution in [0.3, 0.4) is 0 Å². The Kier molecular flexibility index (Phi) is 10.8. The second-order valence-electron chi connectivity index (χ2n) is 5.53. The fourth-order valence-electron chi connectivity index (χ4n) is 1.71. The number of rotatable bonds is 4. The highest BCUT2D eigenvalue weighted by Crippen LogP contribution is 2.18. The van der Waals surface area contributed by atoms with Crippen LogP contribution in [0.2, 0.25) is 0 Å². The molecule has 0 fully saturated rings. The van der Waals surface area contributed by atoms with Gasteiger partial charge >= 0.3 is 23.7 Å². The topological polar surface area (TPSA) is 157 Å². The Balaban J connectivity index is 0.000000433. The van der Waals surface area contributed by atoms with Crippen molar-refractivity contribution in [1.29, 1.82) is 0 Å². The van der Waals surface area contributed by atoms with Gasteiger partial charge in [-0.25, -0.2) is 9.59 Å². The zero-order valence-corrected chi connectivity index (χ0v) is 16.3. The summed E-state index contributed by atoms with van der Waals surface area (Å²) in [5.74, 6) is -2.86. The molecule has 12 heteroatoms. The lowest BCUT2D eigenvalue weighted by Gasteiger charge is -2.02. The Morgan fingerprint density at radius 2 is 1.79 bits per heavy atom. The van der Waals surface area contributed by atoms with E-state index in [9.17, 15) is 22.8 Å². The van der Waals surface area contributed by atoms with Crippen molar-refractivity contribution in [3.63, 3.8) is 0 Å². The van der Waals surface area contributed by atoms with Gasteiger partial charge < -0.3 is 26.1 Å². The first kappa shape index (κ1) is 26.3. The van der Waals surface area contributed by atoms with Gasteiger partial charge in [-0.15, -0.1) is 0 Å². The molecule has 0 saturated heterocycles. The van der Waals surface area contributed by atoms with Crippen molar-refractivity contribution in [2.45, 2.75) is 25.6 Å². The molecule has 1 heterocycles. The molecule has 162 valence electrons. The molecule has 29 heavy (non-hydrogen) atoms. The minimum Gasteiger partial charge on any atom is -0.480 e. The van der Waals surface area contributed by atoms with Crippen molar-refractivity contribution >= 4 is 40.4 Å². The molecule has 1 atom stereocenters. The zero-order valence-electron chi connectivity index (χ0n) is 15.5. The van der Waals surface area contributed by atoms with Crippen LogP contribution in [-0.4, -0.2) is 46.4 Å². The average Bonchev–Trinajstić information content (AvgIpc) is 2.59. The fourth-order valence-corrected chi connectivity index (χ4v) is 2.20. The number of nitrogens with two attached hydrogens (primary N) is 2. The summed E-state index contributed by atoms with van der Waals surface area (Å²) in [7, 11) is 0. The highest BCUT2D eigenvalue weighted by molar-refractivity contribution is 7.98. The second-order valence-corrected chi connectivity index (χ2v) is 6.52.